The molecule has 0 radical (unpaired) electrons. The predicted molar refractivity (Wildman–Crippen MR) is 86.6 cm³/mol. The standard InChI is InChI=1S/C15H22N4O6/c1-7-8(12(20)18(3)15(23)17(7)2)10-9(13(21)24-5)11(14(22)25-6)19(4)16-10/h9-11,16H,1-6H3/t9-,10-,11-/m0/s1. The molecule has 1 aromatic heterocycles. The maximum absolute atomic E-state index is 12.7. The van der Waals surface area contributed by atoms with Gasteiger partial charge in [-0.1, -0.05) is 0 Å². The second kappa shape index (κ2) is 6.81. The van der Waals surface area contributed by atoms with Gasteiger partial charge in [-0.2, -0.15) is 0 Å². The quantitative estimate of drug-likeness (QED) is 0.634. The first kappa shape index (κ1) is 18.9. The van der Waals surface area contributed by atoms with Crippen LogP contribution in [0.2, 0.25) is 0 Å². The highest BCUT2D eigenvalue weighted by Gasteiger charge is 2.51. The fraction of sp³-hybridized carbons (Fsp3) is 0.600. The minimum atomic E-state index is -1.01. The van der Waals surface area contributed by atoms with E-state index in [0.29, 0.717) is 5.69 Å². The number of rotatable bonds is 3. The van der Waals surface area contributed by atoms with Crippen molar-refractivity contribution in [1.29, 1.82) is 0 Å². The molecule has 1 aliphatic heterocycles. The topological polar surface area (TPSA) is 112 Å². The van der Waals surface area contributed by atoms with Crippen molar-refractivity contribution in [2.24, 2.45) is 20.0 Å². The first-order chi connectivity index (χ1) is 11.7. The number of aromatic nitrogens is 2. The van der Waals surface area contributed by atoms with Gasteiger partial charge in [0.1, 0.15) is 12.0 Å². The Kier molecular flexibility index (Phi) is 5.14. The number of nitrogens with one attached hydrogen (secondary N) is 1. The molecule has 2 heterocycles. The monoisotopic (exact) mass is 354 g/mol. The van der Waals surface area contributed by atoms with E-state index in [2.05, 4.69) is 5.43 Å². The summed E-state index contributed by atoms with van der Waals surface area (Å²) in [5, 5.41) is 1.42. The van der Waals surface area contributed by atoms with Crippen LogP contribution < -0.4 is 16.7 Å². The van der Waals surface area contributed by atoms with Crippen molar-refractivity contribution in [3.05, 3.63) is 32.1 Å². The van der Waals surface area contributed by atoms with Gasteiger partial charge >= 0.3 is 17.6 Å². The van der Waals surface area contributed by atoms with Gasteiger partial charge < -0.3 is 14.0 Å². The highest BCUT2D eigenvalue weighted by Crippen LogP contribution is 2.34. The summed E-state index contributed by atoms with van der Waals surface area (Å²) in [6.07, 6.45) is 0. The van der Waals surface area contributed by atoms with Gasteiger partial charge in [-0.05, 0) is 6.92 Å². The molecule has 2 rings (SSSR count). The lowest BCUT2D eigenvalue weighted by molar-refractivity contribution is -0.156. The van der Waals surface area contributed by atoms with Crippen LogP contribution in [0.4, 0.5) is 0 Å². The summed E-state index contributed by atoms with van der Waals surface area (Å²) in [7, 11) is 6.88. The molecule has 0 aliphatic carbocycles. The van der Waals surface area contributed by atoms with E-state index in [1.165, 1.54) is 37.9 Å². The Morgan fingerprint density at radius 2 is 1.56 bits per heavy atom. The normalized spacial score (nSPS) is 23.5. The number of carbonyl (C=O) groups excluding carboxylic acids is 2. The number of likely N-dealkylation sites (N-methyl/N-ethyl adjacent to an activating group) is 1. The van der Waals surface area contributed by atoms with Gasteiger partial charge in [-0.25, -0.2) is 15.2 Å². The molecule has 10 nitrogen and oxygen atoms in total. The zero-order valence-electron chi connectivity index (χ0n) is 15.0. The molecule has 0 spiro atoms. The molecule has 25 heavy (non-hydrogen) atoms. The number of ether oxygens (including phenoxy) is 2. The maximum Gasteiger partial charge on any atom is 0.330 e. The summed E-state index contributed by atoms with van der Waals surface area (Å²) < 4.78 is 11.9. The molecular formula is C15H22N4O6. The number of hydrazine groups is 1. The number of nitrogens with zero attached hydrogens (tertiary/aromatic N) is 3. The van der Waals surface area contributed by atoms with Gasteiger partial charge in [0.05, 0.1) is 25.8 Å². The summed E-state index contributed by atoms with van der Waals surface area (Å²) in [5.41, 5.74) is 2.57. The van der Waals surface area contributed by atoms with Gasteiger partial charge in [0.25, 0.3) is 5.56 Å². The summed E-state index contributed by atoms with van der Waals surface area (Å²) in [4.78, 5) is 49.2. The van der Waals surface area contributed by atoms with Crippen LogP contribution in [0.15, 0.2) is 9.59 Å². The summed E-state index contributed by atoms with van der Waals surface area (Å²) >= 11 is 0. The van der Waals surface area contributed by atoms with Crippen LogP contribution in [0, 0.1) is 12.8 Å². The zero-order chi connectivity index (χ0) is 19.0. The van der Waals surface area contributed by atoms with E-state index in [-0.39, 0.29) is 5.56 Å². The van der Waals surface area contributed by atoms with Gasteiger partial charge in [0, 0.05) is 26.8 Å². The molecule has 0 amide bonds. The van der Waals surface area contributed by atoms with Crippen LogP contribution in [0.1, 0.15) is 17.3 Å². The lowest BCUT2D eigenvalue weighted by Crippen LogP contribution is -2.44. The van der Waals surface area contributed by atoms with Crippen LogP contribution in [0.3, 0.4) is 0 Å². The van der Waals surface area contributed by atoms with Crippen LogP contribution in [0.25, 0.3) is 0 Å². The highest BCUT2D eigenvalue weighted by atomic mass is 16.5. The molecule has 10 heteroatoms. The fourth-order valence-corrected chi connectivity index (χ4v) is 3.20. The minimum absolute atomic E-state index is 0.221. The second-order valence-electron chi connectivity index (χ2n) is 5.94. The van der Waals surface area contributed by atoms with Crippen molar-refractivity contribution in [3.63, 3.8) is 0 Å². The van der Waals surface area contributed by atoms with Crippen molar-refractivity contribution in [2.45, 2.75) is 19.0 Å². The number of hydrogen-bond acceptors (Lipinski definition) is 8. The SMILES string of the molecule is COC(=O)[C@@H]1[C@@H](C(=O)OC)N(C)N[C@H]1c1c(C)n(C)c(=O)n(C)c1=O. The van der Waals surface area contributed by atoms with Crippen molar-refractivity contribution in [3.8, 4) is 0 Å². The number of hydrogen-bond donors (Lipinski definition) is 1. The van der Waals surface area contributed by atoms with E-state index in [0.717, 1.165) is 4.57 Å². The Morgan fingerprint density at radius 1 is 1.00 bits per heavy atom. The molecule has 1 N–H and O–H groups in total. The summed E-state index contributed by atoms with van der Waals surface area (Å²) in [6, 6.07) is -1.81. The van der Waals surface area contributed by atoms with Crippen LogP contribution >= 0.6 is 0 Å². The van der Waals surface area contributed by atoms with Crippen molar-refractivity contribution in [2.75, 3.05) is 21.3 Å². The van der Waals surface area contributed by atoms with Gasteiger partial charge in [-0.3, -0.25) is 19.0 Å². The van der Waals surface area contributed by atoms with E-state index < -0.39 is 41.2 Å². The lowest BCUT2D eigenvalue weighted by atomic mass is 9.89. The molecule has 0 saturated carbocycles. The van der Waals surface area contributed by atoms with Crippen LogP contribution in [-0.4, -0.2) is 53.4 Å². The molecule has 1 aliphatic rings. The first-order valence-electron chi connectivity index (χ1n) is 7.58. The van der Waals surface area contributed by atoms with E-state index >= 15 is 0 Å². The molecule has 3 atom stereocenters. The zero-order valence-corrected chi connectivity index (χ0v) is 15.0. The predicted octanol–water partition coefficient (Wildman–Crippen LogP) is -1.79. The Morgan fingerprint density at radius 3 is 2.08 bits per heavy atom. The van der Waals surface area contributed by atoms with Crippen molar-refractivity contribution >= 4 is 11.9 Å². The average molecular weight is 354 g/mol. The average Bonchev–Trinajstić information content (AvgIpc) is 2.93. The Hall–Kier alpha value is -2.46. The van der Waals surface area contributed by atoms with Crippen LogP contribution in [0.5, 0.6) is 0 Å². The molecule has 0 unspecified atom stereocenters. The summed E-state index contributed by atoms with van der Waals surface area (Å²) in [6.45, 7) is 1.61. The third kappa shape index (κ3) is 2.87. The van der Waals surface area contributed by atoms with Crippen LogP contribution in [-0.2, 0) is 33.2 Å². The summed E-state index contributed by atoms with van der Waals surface area (Å²) in [5.74, 6) is -2.30. The number of esters is 2. The first-order valence-corrected chi connectivity index (χ1v) is 7.58. The molecule has 1 aromatic rings. The Labute approximate surface area is 143 Å². The van der Waals surface area contributed by atoms with Crippen molar-refractivity contribution in [1.82, 2.24) is 19.6 Å². The third-order valence-corrected chi connectivity index (χ3v) is 4.69. The van der Waals surface area contributed by atoms with E-state index in [4.69, 9.17) is 9.47 Å². The lowest BCUT2D eigenvalue weighted by Gasteiger charge is -2.22. The highest BCUT2D eigenvalue weighted by molar-refractivity contribution is 5.86. The molecule has 1 fully saturated rings. The van der Waals surface area contributed by atoms with Gasteiger partial charge in [-0.15, -0.1) is 0 Å². The van der Waals surface area contributed by atoms with E-state index in [1.807, 2.05) is 0 Å². The number of methoxy groups -OCH3 is 2. The van der Waals surface area contributed by atoms with E-state index in [9.17, 15) is 19.2 Å². The molecule has 138 valence electrons. The maximum atomic E-state index is 12.7. The Balaban J connectivity index is 2.70. The van der Waals surface area contributed by atoms with Gasteiger partial charge in [0.15, 0.2) is 0 Å². The van der Waals surface area contributed by atoms with E-state index in [1.54, 1.807) is 14.0 Å². The Bertz CT molecular complexity index is 827. The van der Waals surface area contributed by atoms with Crippen molar-refractivity contribution < 1.29 is 19.1 Å². The minimum Gasteiger partial charge on any atom is -0.469 e. The van der Waals surface area contributed by atoms with Gasteiger partial charge in [0.2, 0.25) is 0 Å². The third-order valence-electron chi connectivity index (χ3n) is 4.69. The fourth-order valence-electron chi connectivity index (χ4n) is 3.20. The number of carbonyl (C=O) groups is 2. The second-order valence-corrected chi connectivity index (χ2v) is 5.94. The molecule has 1 saturated heterocycles. The molecule has 0 bridgehead atoms. The molecule has 0 aromatic carbocycles. The largest absolute Gasteiger partial charge is 0.469 e. The molecular weight excluding hydrogens is 332 g/mol. The smallest absolute Gasteiger partial charge is 0.330 e.